The van der Waals surface area contributed by atoms with E-state index >= 15 is 0 Å². The summed E-state index contributed by atoms with van der Waals surface area (Å²) in [5.74, 6) is 0.537. The van der Waals surface area contributed by atoms with Gasteiger partial charge in [0.25, 0.3) is 0 Å². The number of hydrogen-bond donors (Lipinski definition) is 0. The highest BCUT2D eigenvalue weighted by Crippen LogP contribution is 2.26. The van der Waals surface area contributed by atoms with Gasteiger partial charge in [0.15, 0.2) is 0 Å². The molecule has 6 nitrogen and oxygen atoms in total. The predicted molar refractivity (Wildman–Crippen MR) is 92.0 cm³/mol. The van der Waals surface area contributed by atoms with Crippen LogP contribution in [0.4, 0.5) is 0 Å². The first-order valence-electron chi connectivity index (χ1n) is 8.84. The third-order valence-electron chi connectivity index (χ3n) is 5.05. The van der Waals surface area contributed by atoms with Gasteiger partial charge >= 0.3 is 0 Å². The number of likely N-dealkylation sites (tertiary alicyclic amines) is 2. The van der Waals surface area contributed by atoms with Gasteiger partial charge in [-0.25, -0.2) is 0 Å². The Kier molecular flexibility index (Phi) is 5.36. The molecule has 0 radical (unpaired) electrons. The highest BCUT2D eigenvalue weighted by molar-refractivity contribution is 6.02. The number of rotatable bonds is 6. The summed E-state index contributed by atoms with van der Waals surface area (Å²) in [6.45, 7) is 0.939. The minimum Gasteiger partial charge on any atom is -0.496 e. The normalized spacial score (nSPS) is 20.4. The second-order valence-electron chi connectivity index (χ2n) is 6.59. The number of amides is 3. The number of carbonyl (C=O) groups excluding carboxylic acids is 3. The van der Waals surface area contributed by atoms with E-state index in [9.17, 15) is 14.4 Å². The molecule has 0 N–H and O–H groups in total. The number of carbonyl (C=O) groups is 3. The van der Waals surface area contributed by atoms with Gasteiger partial charge in [-0.05, 0) is 30.9 Å². The summed E-state index contributed by atoms with van der Waals surface area (Å²) in [4.78, 5) is 39.1. The summed E-state index contributed by atoms with van der Waals surface area (Å²) < 4.78 is 5.40. The lowest BCUT2D eigenvalue weighted by molar-refractivity contribution is -0.139. The zero-order valence-electron chi connectivity index (χ0n) is 14.6. The van der Waals surface area contributed by atoms with Crippen LogP contribution in [0.1, 0.15) is 37.7 Å². The molecule has 25 heavy (non-hydrogen) atoms. The van der Waals surface area contributed by atoms with Crippen LogP contribution in [0.2, 0.25) is 0 Å². The van der Waals surface area contributed by atoms with Crippen molar-refractivity contribution in [2.75, 3.05) is 20.2 Å². The van der Waals surface area contributed by atoms with Gasteiger partial charge in [0.2, 0.25) is 17.7 Å². The lowest BCUT2D eigenvalue weighted by atomic mass is 10.0. The quantitative estimate of drug-likeness (QED) is 0.738. The Morgan fingerprint density at radius 3 is 2.64 bits per heavy atom. The van der Waals surface area contributed by atoms with Crippen LogP contribution in [0.5, 0.6) is 5.75 Å². The molecule has 0 aromatic heterocycles. The molecule has 0 saturated carbocycles. The zero-order chi connectivity index (χ0) is 17.8. The maximum Gasteiger partial charge on any atom is 0.229 e. The van der Waals surface area contributed by atoms with Crippen molar-refractivity contribution in [3.63, 3.8) is 0 Å². The van der Waals surface area contributed by atoms with Crippen molar-refractivity contribution in [2.24, 2.45) is 0 Å². The molecule has 1 aromatic carbocycles. The van der Waals surface area contributed by atoms with Gasteiger partial charge in [0, 0.05) is 38.4 Å². The molecule has 3 amide bonds. The number of para-hydroxylation sites is 1. The Labute approximate surface area is 147 Å². The van der Waals surface area contributed by atoms with Crippen molar-refractivity contribution in [2.45, 2.75) is 44.6 Å². The molecule has 2 aliphatic heterocycles. The molecule has 6 heteroatoms. The number of hydrogen-bond acceptors (Lipinski definition) is 4. The third kappa shape index (κ3) is 3.83. The minimum absolute atomic E-state index is 0.0184. The SMILES string of the molecule is COc1ccccc1C[C@H]1CCCN1C(=O)CCN1C(=O)CCC1=O. The number of methoxy groups -OCH3 is 1. The van der Waals surface area contributed by atoms with Gasteiger partial charge in [0.1, 0.15) is 5.75 Å². The lowest BCUT2D eigenvalue weighted by Crippen LogP contribution is -2.39. The summed E-state index contributed by atoms with van der Waals surface area (Å²) in [5, 5.41) is 0. The van der Waals surface area contributed by atoms with E-state index in [4.69, 9.17) is 4.74 Å². The summed E-state index contributed by atoms with van der Waals surface area (Å²) in [5.41, 5.74) is 1.10. The molecule has 3 rings (SSSR count). The zero-order valence-corrected chi connectivity index (χ0v) is 14.6. The monoisotopic (exact) mass is 344 g/mol. The molecule has 1 atom stereocenters. The van der Waals surface area contributed by atoms with Gasteiger partial charge < -0.3 is 9.64 Å². The summed E-state index contributed by atoms with van der Waals surface area (Å²) in [7, 11) is 1.65. The highest BCUT2D eigenvalue weighted by atomic mass is 16.5. The second kappa shape index (κ2) is 7.68. The summed E-state index contributed by atoms with van der Waals surface area (Å²) in [6, 6.07) is 8.02. The van der Waals surface area contributed by atoms with E-state index in [1.807, 2.05) is 29.2 Å². The molecule has 0 unspecified atom stereocenters. The first-order chi connectivity index (χ1) is 12.1. The smallest absolute Gasteiger partial charge is 0.229 e. The van der Waals surface area contributed by atoms with Crippen LogP contribution in [0, 0.1) is 0 Å². The molecule has 0 spiro atoms. The maximum absolute atomic E-state index is 12.6. The van der Waals surface area contributed by atoms with Gasteiger partial charge in [0.05, 0.1) is 7.11 Å². The van der Waals surface area contributed by atoms with Crippen molar-refractivity contribution >= 4 is 17.7 Å². The summed E-state index contributed by atoms with van der Waals surface area (Å²) in [6.07, 6.45) is 3.45. The molecule has 134 valence electrons. The first kappa shape index (κ1) is 17.5. The lowest BCUT2D eigenvalue weighted by Gasteiger charge is -2.26. The largest absolute Gasteiger partial charge is 0.496 e. The molecular weight excluding hydrogens is 320 g/mol. The number of benzene rings is 1. The fourth-order valence-corrected chi connectivity index (χ4v) is 3.73. The van der Waals surface area contributed by atoms with Crippen LogP contribution in [0.15, 0.2) is 24.3 Å². The van der Waals surface area contributed by atoms with Crippen molar-refractivity contribution in [3.8, 4) is 5.75 Å². The van der Waals surface area contributed by atoms with E-state index in [-0.39, 0.29) is 49.6 Å². The molecular formula is C19H24N2O4. The molecule has 2 heterocycles. The molecule has 0 bridgehead atoms. The Morgan fingerprint density at radius 1 is 1.20 bits per heavy atom. The van der Waals surface area contributed by atoms with Gasteiger partial charge in [-0.1, -0.05) is 18.2 Å². The van der Waals surface area contributed by atoms with Crippen molar-refractivity contribution in [1.29, 1.82) is 0 Å². The number of nitrogens with zero attached hydrogens (tertiary/aromatic N) is 2. The average molecular weight is 344 g/mol. The number of ether oxygens (including phenoxy) is 1. The highest BCUT2D eigenvalue weighted by Gasteiger charge is 2.32. The number of imide groups is 1. The van der Waals surface area contributed by atoms with Crippen LogP contribution in [-0.4, -0.2) is 53.8 Å². The molecule has 2 fully saturated rings. The van der Waals surface area contributed by atoms with Crippen molar-refractivity contribution in [3.05, 3.63) is 29.8 Å². The van der Waals surface area contributed by atoms with Crippen LogP contribution < -0.4 is 4.74 Å². The average Bonchev–Trinajstić information content (AvgIpc) is 3.20. The van der Waals surface area contributed by atoms with Gasteiger partial charge in [-0.3, -0.25) is 19.3 Å². The fourth-order valence-electron chi connectivity index (χ4n) is 3.73. The minimum atomic E-state index is -0.162. The maximum atomic E-state index is 12.6. The predicted octanol–water partition coefficient (Wildman–Crippen LogP) is 1.77. The summed E-state index contributed by atoms with van der Waals surface area (Å²) >= 11 is 0. The Hall–Kier alpha value is -2.37. The van der Waals surface area contributed by atoms with E-state index < -0.39 is 0 Å². The van der Waals surface area contributed by atoms with E-state index in [2.05, 4.69) is 0 Å². The van der Waals surface area contributed by atoms with E-state index in [0.717, 1.165) is 37.1 Å². The standard InChI is InChI=1S/C19H24N2O4/c1-25-16-7-3-2-5-14(16)13-15-6-4-11-20(15)19(24)10-12-21-17(22)8-9-18(21)23/h2-3,5,7,15H,4,6,8-13H2,1H3/t15-/m1/s1. The first-order valence-corrected chi connectivity index (χ1v) is 8.84. The van der Waals surface area contributed by atoms with Crippen molar-refractivity contribution < 1.29 is 19.1 Å². The molecule has 0 aliphatic carbocycles. The Balaban J connectivity index is 1.60. The Bertz CT molecular complexity index is 657. The van der Waals surface area contributed by atoms with Gasteiger partial charge in [-0.2, -0.15) is 0 Å². The van der Waals surface area contributed by atoms with Crippen LogP contribution in [0.3, 0.4) is 0 Å². The topological polar surface area (TPSA) is 66.9 Å². The molecule has 2 saturated heterocycles. The van der Waals surface area contributed by atoms with Gasteiger partial charge in [-0.15, -0.1) is 0 Å². The Morgan fingerprint density at radius 2 is 1.92 bits per heavy atom. The van der Waals surface area contributed by atoms with Crippen molar-refractivity contribution in [1.82, 2.24) is 9.80 Å². The van der Waals surface area contributed by atoms with Crippen LogP contribution in [0.25, 0.3) is 0 Å². The fraction of sp³-hybridized carbons (Fsp3) is 0.526. The molecule has 1 aromatic rings. The molecule has 2 aliphatic rings. The van der Waals surface area contributed by atoms with E-state index in [1.165, 1.54) is 4.90 Å². The third-order valence-corrected chi connectivity index (χ3v) is 5.05. The van der Waals surface area contributed by atoms with E-state index in [1.54, 1.807) is 7.11 Å². The van der Waals surface area contributed by atoms with E-state index in [0.29, 0.717) is 0 Å². The van der Waals surface area contributed by atoms with Crippen LogP contribution in [-0.2, 0) is 20.8 Å². The second-order valence-corrected chi connectivity index (χ2v) is 6.59. The van der Waals surface area contributed by atoms with Crippen LogP contribution >= 0.6 is 0 Å².